The van der Waals surface area contributed by atoms with E-state index in [2.05, 4.69) is 10.9 Å². The molecule has 0 spiro atoms. The van der Waals surface area contributed by atoms with Crippen LogP contribution in [0.15, 0.2) is 48.5 Å². The van der Waals surface area contributed by atoms with Gasteiger partial charge in [0, 0.05) is 37.8 Å². The number of rotatable bonds is 9. The van der Waals surface area contributed by atoms with E-state index < -0.39 is 0 Å². The number of carbonyl (C=O) groups excluding carboxylic acids is 1. The molecular formula is C24H30FN3O3. The summed E-state index contributed by atoms with van der Waals surface area (Å²) in [7, 11) is 5.00. The minimum atomic E-state index is -0.224. The van der Waals surface area contributed by atoms with Gasteiger partial charge in [0.1, 0.15) is 17.3 Å². The number of hydrogen-bond donors (Lipinski definition) is 2. The Morgan fingerprint density at radius 1 is 1.13 bits per heavy atom. The van der Waals surface area contributed by atoms with Crippen molar-refractivity contribution in [3.8, 4) is 11.5 Å². The van der Waals surface area contributed by atoms with Gasteiger partial charge in [-0.25, -0.2) is 4.39 Å². The van der Waals surface area contributed by atoms with Crippen molar-refractivity contribution in [1.82, 2.24) is 15.8 Å². The monoisotopic (exact) mass is 427 g/mol. The van der Waals surface area contributed by atoms with Crippen molar-refractivity contribution in [2.45, 2.75) is 31.3 Å². The van der Waals surface area contributed by atoms with Crippen molar-refractivity contribution in [3.63, 3.8) is 0 Å². The Hall–Kier alpha value is -2.90. The quantitative estimate of drug-likeness (QED) is 0.598. The molecule has 1 aliphatic heterocycles. The third-order valence-electron chi connectivity index (χ3n) is 5.47. The van der Waals surface area contributed by atoms with E-state index >= 15 is 0 Å². The summed E-state index contributed by atoms with van der Waals surface area (Å²) in [4.78, 5) is 14.2. The molecular weight excluding hydrogens is 397 g/mol. The zero-order valence-electron chi connectivity index (χ0n) is 18.2. The number of hydrogen-bond acceptors (Lipinski definition) is 5. The van der Waals surface area contributed by atoms with E-state index in [9.17, 15) is 9.18 Å². The standard InChI is InChI=1S/C24H30FN3O3/c1-28(24(29)11-6-17-13-21(30-2)16-22(14-17)31-3)12-4-5-20-15-23(27-26-20)18-7-9-19(25)10-8-18/h6-11,13-14,16,20,23,26-27H,4-5,12,15H2,1-3H3/b11-6+. The fourth-order valence-corrected chi connectivity index (χ4v) is 3.63. The van der Waals surface area contributed by atoms with E-state index in [1.54, 1.807) is 44.4 Å². The zero-order valence-corrected chi connectivity index (χ0v) is 18.2. The molecule has 1 aliphatic rings. The Balaban J connectivity index is 1.43. The van der Waals surface area contributed by atoms with Crippen LogP contribution in [0.4, 0.5) is 4.39 Å². The minimum Gasteiger partial charge on any atom is -0.497 e. The van der Waals surface area contributed by atoms with Gasteiger partial charge in [-0.05, 0) is 60.7 Å². The lowest BCUT2D eigenvalue weighted by atomic mass is 9.99. The van der Waals surface area contributed by atoms with E-state index in [0.29, 0.717) is 24.1 Å². The number of halogens is 1. The fourth-order valence-electron chi connectivity index (χ4n) is 3.63. The predicted octanol–water partition coefficient (Wildman–Crippen LogP) is 3.70. The molecule has 0 radical (unpaired) electrons. The molecule has 0 aromatic heterocycles. The van der Waals surface area contributed by atoms with Crippen molar-refractivity contribution >= 4 is 12.0 Å². The van der Waals surface area contributed by atoms with Crippen LogP contribution in [-0.4, -0.2) is 44.7 Å². The lowest BCUT2D eigenvalue weighted by Gasteiger charge is -2.16. The maximum absolute atomic E-state index is 13.1. The second kappa shape index (κ2) is 10.9. The van der Waals surface area contributed by atoms with Gasteiger partial charge in [-0.2, -0.15) is 0 Å². The van der Waals surface area contributed by atoms with E-state index in [0.717, 1.165) is 30.4 Å². The number of nitrogens with zero attached hydrogens (tertiary/aromatic N) is 1. The van der Waals surface area contributed by atoms with Crippen molar-refractivity contribution in [1.29, 1.82) is 0 Å². The Labute approximate surface area is 183 Å². The maximum atomic E-state index is 13.1. The highest BCUT2D eigenvalue weighted by Crippen LogP contribution is 2.25. The molecule has 2 atom stereocenters. The second-order valence-electron chi connectivity index (χ2n) is 7.71. The van der Waals surface area contributed by atoms with Crippen LogP contribution in [0.2, 0.25) is 0 Å². The van der Waals surface area contributed by atoms with Gasteiger partial charge in [0.05, 0.1) is 14.2 Å². The highest BCUT2D eigenvalue weighted by Gasteiger charge is 2.24. The second-order valence-corrected chi connectivity index (χ2v) is 7.71. The minimum absolute atomic E-state index is 0.0523. The first kappa shape index (κ1) is 22.8. The number of benzene rings is 2. The van der Waals surface area contributed by atoms with Gasteiger partial charge in [0.15, 0.2) is 0 Å². The van der Waals surface area contributed by atoms with Gasteiger partial charge in [0.25, 0.3) is 0 Å². The Bertz CT molecular complexity index is 879. The molecule has 6 nitrogen and oxygen atoms in total. The summed E-state index contributed by atoms with van der Waals surface area (Å²) in [6, 6.07) is 12.6. The summed E-state index contributed by atoms with van der Waals surface area (Å²) in [6.45, 7) is 0.671. The normalized spacial score (nSPS) is 18.3. The molecule has 2 N–H and O–H groups in total. The first-order valence-corrected chi connectivity index (χ1v) is 10.4. The Morgan fingerprint density at radius 3 is 2.45 bits per heavy atom. The number of amides is 1. The van der Waals surface area contributed by atoms with Crippen molar-refractivity contribution in [2.24, 2.45) is 0 Å². The summed E-state index contributed by atoms with van der Waals surface area (Å²) in [5.74, 6) is 1.08. The maximum Gasteiger partial charge on any atom is 0.246 e. The van der Waals surface area contributed by atoms with Crippen molar-refractivity contribution < 1.29 is 18.7 Å². The summed E-state index contributed by atoms with van der Waals surface area (Å²) < 4.78 is 23.6. The number of nitrogens with one attached hydrogen (secondary N) is 2. The fraction of sp³-hybridized carbons (Fsp3) is 0.375. The van der Waals surface area contributed by atoms with Gasteiger partial charge in [-0.1, -0.05) is 12.1 Å². The summed E-state index contributed by atoms with van der Waals surface area (Å²) in [6.07, 6.45) is 6.09. The highest BCUT2D eigenvalue weighted by molar-refractivity contribution is 5.91. The van der Waals surface area contributed by atoms with Crippen LogP contribution in [0, 0.1) is 5.82 Å². The van der Waals surface area contributed by atoms with E-state index in [-0.39, 0.29) is 17.8 Å². The van der Waals surface area contributed by atoms with Crippen LogP contribution in [0.3, 0.4) is 0 Å². The van der Waals surface area contributed by atoms with Crippen LogP contribution in [0.25, 0.3) is 6.08 Å². The molecule has 3 rings (SSSR count). The molecule has 166 valence electrons. The van der Waals surface area contributed by atoms with Gasteiger partial charge in [0.2, 0.25) is 5.91 Å². The van der Waals surface area contributed by atoms with Crippen LogP contribution < -0.4 is 20.3 Å². The van der Waals surface area contributed by atoms with Gasteiger partial charge < -0.3 is 14.4 Å². The van der Waals surface area contributed by atoms with Crippen LogP contribution in [0.5, 0.6) is 11.5 Å². The summed E-state index contributed by atoms with van der Waals surface area (Å²) >= 11 is 0. The Kier molecular flexibility index (Phi) is 8.03. The molecule has 2 aromatic carbocycles. The largest absolute Gasteiger partial charge is 0.497 e. The molecule has 2 aromatic rings. The average Bonchev–Trinajstić information content (AvgIpc) is 3.26. The van der Waals surface area contributed by atoms with E-state index in [4.69, 9.17) is 9.47 Å². The van der Waals surface area contributed by atoms with Crippen LogP contribution in [0.1, 0.15) is 36.4 Å². The number of methoxy groups -OCH3 is 2. The highest BCUT2D eigenvalue weighted by atomic mass is 19.1. The molecule has 31 heavy (non-hydrogen) atoms. The lowest BCUT2D eigenvalue weighted by Crippen LogP contribution is -2.32. The first-order chi connectivity index (χ1) is 15.0. The molecule has 0 saturated carbocycles. The molecule has 0 bridgehead atoms. The van der Waals surface area contributed by atoms with Gasteiger partial charge in [-0.3, -0.25) is 15.6 Å². The van der Waals surface area contributed by atoms with E-state index in [1.807, 2.05) is 24.3 Å². The SMILES string of the molecule is COc1cc(/C=C/C(=O)N(C)CCCC2CC(c3ccc(F)cc3)NN2)cc(OC)c1. The molecule has 1 fully saturated rings. The number of carbonyl (C=O) groups is 1. The molecule has 1 heterocycles. The number of ether oxygens (including phenoxy) is 2. The van der Waals surface area contributed by atoms with Gasteiger partial charge in [-0.15, -0.1) is 0 Å². The zero-order chi connectivity index (χ0) is 22.2. The number of hydrazine groups is 1. The third-order valence-corrected chi connectivity index (χ3v) is 5.47. The van der Waals surface area contributed by atoms with Crippen LogP contribution in [-0.2, 0) is 4.79 Å². The molecule has 1 saturated heterocycles. The van der Waals surface area contributed by atoms with E-state index in [1.165, 1.54) is 12.1 Å². The molecule has 2 unspecified atom stereocenters. The van der Waals surface area contributed by atoms with Gasteiger partial charge >= 0.3 is 0 Å². The van der Waals surface area contributed by atoms with Crippen LogP contribution >= 0.6 is 0 Å². The molecule has 1 amide bonds. The third kappa shape index (κ3) is 6.54. The topological polar surface area (TPSA) is 62.8 Å². The average molecular weight is 428 g/mol. The van der Waals surface area contributed by atoms with Crippen molar-refractivity contribution in [3.05, 3.63) is 65.5 Å². The number of likely N-dealkylation sites (N-methyl/N-ethyl adjacent to an activating group) is 1. The smallest absolute Gasteiger partial charge is 0.246 e. The molecule has 0 aliphatic carbocycles. The summed E-state index contributed by atoms with van der Waals surface area (Å²) in [5, 5.41) is 0. The lowest BCUT2D eigenvalue weighted by molar-refractivity contribution is -0.124. The molecule has 7 heteroatoms. The summed E-state index contributed by atoms with van der Waals surface area (Å²) in [5.41, 5.74) is 8.49. The first-order valence-electron chi connectivity index (χ1n) is 10.4. The Morgan fingerprint density at radius 2 is 1.81 bits per heavy atom. The van der Waals surface area contributed by atoms with Crippen molar-refractivity contribution in [2.75, 3.05) is 27.8 Å². The predicted molar refractivity (Wildman–Crippen MR) is 119 cm³/mol.